The van der Waals surface area contributed by atoms with E-state index in [0.29, 0.717) is 30.5 Å². The van der Waals surface area contributed by atoms with Crippen LogP contribution < -0.4 is 5.32 Å². The second-order valence-electron chi connectivity index (χ2n) is 5.96. The Labute approximate surface area is 125 Å². The van der Waals surface area contributed by atoms with Crippen LogP contribution >= 0.6 is 0 Å². The number of aromatic nitrogens is 1. The molecule has 6 heteroatoms. The molecule has 112 valence electrons. The van der Waals surface area contributed by atoms with Crippen molar-refractivity contribution in [3.8, 4) is 0 Å². The molecule has 2 unspecified atom stereocenters. The highest BCUT2D eigenvalue weighted by Gasteiger charge is 2.33. The van der Waals surface area contributed by atoms with Crippen LogP contribution in [0.1, 0.15) is 35.6 Å². The van der Waals surface area contributed by atoms with E-state index in [1.807, 2.05) is 12.1 Å². The number of aldehydes is 1. The lowest BCUT2D eigenvalue weighted by atomic mass is 9.92. The number of rotatable bonds is 2. The topological polar surface area (TPSA) is 89.3 Å². The Morgan fingerprint density at radius 3 is 2.91 bits per heavy atom. The lowest BCUT2D eigenvalue weighted by molar-refractivity contribution is -0.134. The van der Waals surface area contributed by atoms with Crippen LogP contribution in [0.3, 0.4) is 0 Å². The molecule has 2 atom stereocenters. The molecule has 1 N–H and O–H groups in total. The molecule has 0 radical (unpaired) electrons. The summed E-state index contributed by atoms with van der Waals surface area (Å²) in [6.07, 6.45) is 3.11. The van der Waals surface area contributed by atoms with E-state index in [2.05, 4.69) is 10.5 Å². The number of carbonyl (C=O) groups excluding carboxylic acids is 3. The molecule has 0 spiro atoms. The van der Waals surface area contributed by atoms with Gasteiger partial charge >= 0.3 is 0 Å². The van der Waals surface area contributed by atoms with Gasteiger partial charge in [0.25, 0.3) is 0 Å². The van der Waals surface area contributed by atoms with E-state index in [9.17, 15) is 14.4 Å². The number of hydrogen-bond donors (Lipinski definition) is 1. The van der Waals surface area contributed by atoms with E-state index in [-0.39, 0.29) is 17.7 Å². The van der Waals surface area contributed by atoms with E-state index in [1.54, 1.807) is 0 Å². The van der Waals surface area contributed by atoms with Crippen molar-refractivity contribution in [2.24, 2.45) is 5.92 Å². The van der Waals surface area contributed by atoms with Crippen molar-refractivity contribution in [3.05, 3.63) is 29.0 Å². The number of fused-ring (bicyclic) bond motifs is 3. The predicted molar refractivity (Wildman–Crippen MR) is 76.1 cm³/mol. The molecule has 2 aliphatic rings. The Morgan fingerprint density at radius 2 is 2.14 bits per heavy atom. The number of benzene rings is 1. The first-order valence-electron chi connectivity index (χ1n) is 7.36. The molecular formula is C16H14N2O4. The molecule has 1 aliphatic heterocycles. The summed E-state index contributed by atoms with van der Waals surface area (Å²) in [5.74, 6) is -1.04. The molecule has 1 aliphatic carbocycles. The molecule has 2 heterocycles. The standard InChI is InChI=1S/C16H14N2O4/c19-7-8-5-9-1-2-10-14(18-22-15(10)12(9)6-8)11-3-4-13(20)17-16(11)21/h1-2,7-8,11H,3-6H2,(H,17,20,21). The maximum absolute atomic E-state index is 12.0. The van der Waals surface area contributed by atoms with Crippen molar-refractivity contribution in [2.75, 3.05) is 0 Å². The minimum atomic E-state index is -0.458. The summed E-state index contributed by atoms with van der Waals surface area (Å²) in [5, 5.41) is 7.24. The van der Waals surface area contributed by atoms with Gasteiger partial charge in [-0.15, -0.1) is 0 Å². The first-order chi connectivity index (χ1) is 10.7. The minimum Gasteiger partial charge on any atom is -0.356 e. The summed E-state index contributed by atoms with van der Waals surface area (Å²) < 4.78 is 5.48. The first-order valence-corrected chi connectivity index (χ1v) is 7.36. The zero-order valence-electron chi connectivity index (χ0n) is 11.8. The van der Waals surface area contributed by atoms with Gasteiger partial charge < -0.3 is 9.32 Å². The molecule has 1 fully saturated rings. The first kappa shape index (κ1) is 13.2. The molecule has 1 aromatic carbocycles. The molecule has 22 heavy (non-hydrogen) atoms. The lowest BCUT2D eigenvalue weighted by Crippen LogP contribution is -2.39. The summed E-state index contributed by atoms with van der Waals surface area (Å²) in [4.78, 5) is 34.3. The van der Waals surface area contributed by atoms with Crippen LogP contribution in [0, 0.1) is 5.92 Å². The number of imide groups is 1. The summed E-state index contributed by atoms with van der Waals surface area (Å²) in [5.41, 5.74) is 3.37. The van der Waals surface area contributed by atoms with Gasteiger partial charge in [0.2, 0.25) is 11.8 Å². The van der Waals surface area contributed by atoms with E-state index < -0.39 is 5.92 Å². The largest absolute Gasteiger partial charge is 0.356 e. The van der Waals surface area contributed by atoms with Gasteiger partial charge in [0, 0.05) is 23.3 Å². The van der Waals surface area contributed by atoms with Gasteiger partial charge in [-0.3, -0.25) is 14.9 Å². The second kappa shape index (κ2) is 4.76. The van der Waals surface area contributed by atoms with Crippen LogP contribution in [0.4, 0.5) is 0 Å². The maximum Gasteiger partial charge on any atom is 0.235 e. The van der Waals surface area contributed by atoms with Crippen LogP contribution in [0.25, 0.3) is 11.0 Å². The summed E-state index contributed by atoms with van der Waals surface area (Å²) >= 11 is 0. The molecule has 6 nitrogen and oxygen atoms in total. The van der Waals surface area contributed by atoms with Crippen molar-refractivity contribution >= 4 is 29.1 Å². The predicted octanol–water partition coefficient (Wildman–Crippen LogP) is 1.26. The zero-order valence-corrected chi connectivity index (χ0v) is 11.8. The van der Waals surface area contributed by atoms with Crippen LogP contribution in [-0.4, -0.2) is 23.3 Å². The molecule has 4 rings (SSSR count). The average Bonchev–Trinajstić information content (AvgIpc) is 3.09. The molecule has 2 amide bonds. The van der Waals surface area contributed by atoms with Gasteiger partial charge in [-0.1, -0.05) is 11.2 Å². The van der Waals surface area contributed by atoms with Gasteiger partial charge in [0.1, 0.15) is 12.0 Å². The molecular weight excluding hydrogens is 284 g/mol. The van der Waals surface area contributed by atoms with Crippen LogP contribution in [0.5, 0.6) is 0 Å². The third-order valence-electron chi connectivity index (χ3n) is 4.58. The third-order valence-corrected chi connectivity index (χ3v) is 4.58. The van der Waals surface area contributed by atoms with E-state index in [0.717, 1.165) is 29.2 Å². The SMILES string of the molecule is O=CC1Cc2ccc3c(C4CCC(=O)NC4=O)noc3c2C1. The van der Waals surface area contributed by atoms with Crippen LogP contribution in [0.2, 0.25) is 0 Å². The fourth-order valence-corrected chi connectivity index (χ4v) is 3.45. The smallest absolute Gasteiger partial charge is 0.235 e. The fraction of sp³-hybridized carbons (Fsp3) is 0.375. The van der Waals surface area contributed by atoms with Gasteiger partial charge in [0.15, 0.2) is 5.58 Å². The van der Waals surface area contributed by atoms with Gasteiger partial charge in [0.05, 0.1) is 5.92 Å². The van der Waals surface area contributed by atoms with Gasteiger partial charge in [-0.05, 0) is 30.9 Å². The average molecular weight is 298 g/mol. The number of hydrogen-bond acceptors (Lipinski definition) is 5. The highest BCUT2D eigenvalue weighted by atomic mass is 16.5. The third kappa shape index (κ3) is 1.87. The molecule has 2 aromatic rings. The molecule has 0 saturated carbocycles. The second-order valence-corrected chi connectivity index (χ2v) is 5.96. The Hall–Kier alpha value is -2.50. The summed E-state index contributed by atoms with van der Waals surface area (Å²) in [6.45, 7) is 0. The Balaban J connectivity index is 1.77. The van der Waals surface area contributed by atoms with Crippen molar-refractivity contribution in [1.29, 1.82) is 0 Å². The van der Waals surface area contributed by atoms with Crippen molar-refractivity contribution in [3.63, 3.8) is 0 Å². The van der Waals surface area contributed by atoms with Crippen LogP contribution in [-0.2, 0) is 27.2 Å². The maximum atomic E-state index is 12.0. The van der Waals surface area contributed by atoms with E-state index in [4.69, 9.17) is 4.52 Å². The van der Waals surface area contributed by atoms with Gasteiger partial charge in [-0.25, -0.2) is 0 Å². The lowest BCUT2D eigenvalue weighted by Gasteiger charge is -2.18. The normalized spacial score (nSPS) is 24.4. The minimum absolute atomic E-state index is 0.00949. The number of nitrogens with one attached hydrogen (secondary N) is 1. The quantitative estimate of drug-likeness (QED) is 0.666. The van der Waals surface area contributed by atoms with Crippen molar-refractivity contribution in [2.45, 2.75) is 31.6 Å². The zero-order chi connectivity index (χ0) is 15.3. The molecule has 0 bridgehead atoms. The molecule has 1 saturated heterocycles. The van der Waals surface area contributed by atoms with Crippen molar-refractivity contribution in [1.82, 2.24) is 10.5 Å². The number of carbonyl (C=O) groups is 3. The number of piperidine rings is 1. The number of amides is 2. The highest BCUT2D eigenvalue weighted by Crippen LogP contribution is 2.36. The number of nitrogens with zero attached hydrogens (tertiary/aromatic N) is 1. The summed E-state index contributed by atoms with van der Waals surface area (Å²) in [7, 11) is 0. The van der Waals surface area contributed by atoms with E-state index in [1.165, 1.54) is 0 Å². The Kier molecular flexibility index (Phi) is 2.85. The van der Waals surface area contributed by atoms with E-state index >= 15 is 0 Å². The monoisotopic (exact) mass is 298 g/mol. The van der Waals surface area contributed by atoms with Crippen molar-refractivity contribution < 1.29 is 18.9 Å². The Morgan fingerprint density at radius 1 is 1.27 bits per heavy atom. The fourth-order valence-electron chi connectivity index (χ4n) is 3.45. The molecule has 1 aromatic heterocycles. The summed E-state index contributed by atoms with van der Waals surface area (Å²) in [6, 6.07) is 3.88. The van der Waals surface area contributed by atoms with Gasteiger partial charge in [-0.2, -0.15) is 0 Å². The Bertz CT molecular complexity index is 808. The highest BCUT2D eigenvalue weighted by molar-refractivity contribution is 6.02. The van der Waals surface area contributed by atoms with Crippen LogP contribution in [0.15, 0.2) is 16.7 Å².